The van der Waals surface area contributed by atoms with Crippen molar-refractivity contribution in [2.45, 2.75) is 25.0 Å². The first-order chi connectivity index (χ1) is 7.12. The first-order valence-corrected chi connectivity index (χ1v) is 4.48. The van der Waals surface area contributed by atoms with Crippen molar-refractivity contribution in [1.82, 2.24) is 0 Å². The van der Waals surface area contributed by atoms with Gasteiger partial charge in [0.15, 0.2) is 0 Å². The lowest BCUT2D eigenvalue weighted by Crippen LogP contribution is -2.68. The molecule has 0 spiro atoms. The minimum absolute atomic E-state index is 0.740. The van der Waals surface area contributed by atoms with E-state index in [2.05, 4.69) is 0 Å². The monoisotopic (exact) mass is 248 g/mol. The number of ether oxygens (including phenoxy) is 3. The van der Waals surface area contributed by atoms with Gasteiger partial charge in [0.1, 0.15) is 5.41 Å². The molecule has 0 aromatic carbocycles. The quantitative estimate of drug-likeness (QED) is 0.663. The van der Waals surface area contributed by atoms with Crippen molar-refractivity contribution in [3.05, 3.63) is 0 Å². The number of rotatable bonds is 1. The highest BCUT2D eigenvalue weighted by Crippen LogP contribution is 2.53. The summed E-state index contributed by atoms with van der Waals surface area (Å²) in [6.45, 7) is -0.899. The number of hydrogen-bond acceptors (Lipinski definition) is 3. The Balaban J connectivity index is 2.28. The molecule has 94 valence electrons. The SMILES string of the molecule is CC12OCC(C(F)(F)C(F)(F)F)(CO1)CO2. The lowest BCUT2D eigenvalue weighted by Gasteiger charge is -2.52. The molecule has 3 nitrogen and oxygen atoms in total. The fourth-order valence-corrected chi connectivity index (χ4v) is 1.63. The third-order valence-corrected chi connectivity index (χ3v) is 2.85. The molecule has 3 rings (SSSR count). The van der Waals surface area contributed by atoms with Gasteiger partial charge in [0, 0.05) is 6.92 Å². The van der Waals surface area contributed by atoms with Crippen molar-refractivity contribution in [3.8, 4) is 0 Å². The maximum Gasteiger partial charge on any atom is 0.454 e. The largest absolute Gasteiger partial charge is 0.454 e. The third kappa shape index (κ3) is 1.43. The Morgan fingerprint density at radius 3 is 1.56 bits per heavy atom. The Kier molecular flexibility index (Phi) is 2.29. The van der Waals surface area contributed by atoms with Crippen molar-refractivity contribution >= 4 is 0 Å². The van der Waals surface area contributed by atoms with E-state index in [9.17, 15) is 22.0 Å². The molecule has 0 aliphatic carbocycles. The summed E-state index contributed by atoms with van der Waals surface area (Å²) < 4.78 is 77.4. The average molecular weight is 248 g/mol. The van der Waals surface area contributed by atoms with Gasteiger partial charge in [0.05, 0.1) is 19.8 Å². The van der Waals surface area contributed by atoms with Crippen LogP contribution in [0.25, 0.3) is 0 Å². The Labute approximate surface area is 87.5 Å². The van der Waals surface area contributed by atoms with Gasteiger partial charge in [0.2, 0.25) is 0 Å². The first kappa shape index (κ1) is 12.0. The number of alkyl halides is 5. The van der Waals surface area contributed by atoms with E-state index in [0.717, 1.165) is 0 Å². The normalized spacial score (nSPS) is 40.1. The topological polar surface area (TPSA) is 27.7 Å². The highest BCUT2D eigenvalue weighted by Gasteiger charge is 2.73. The fraction of sp³-hybridized carbons (Fsp3) is 1.00. The summed E-state index contributed by atoms with van der Waals surface area (Å²) in [5, 5.41) is 0. The van der Waals surface area contributed by atoms with Crippen molar-refractivity contribution in [2.75, 3.05) is 19.8 Å². The predicted molar refractivity (Wildman–Crippen MR) is 39.7 cm³/mol. The molecule has 8 heteroatoms. The van der Waals surface area contributed by atoms with Crippen molar-refractivity contribution in [1.29, 1.82) is 0 Å². The van der Waals surface area contributed by atoms with Crippen LogP contribution in [-0.2, 0) is 14.2 Å². The van der Waals surface area contributed by atoms with Crippen molar-refractivity contribution in [3.63, 3.8) is 0 Å². The number of fused-ring (bicyclic) bond motifs is 3. The summed E-state index contributed by atoms with van der Waals surface area (Å²) in [6.07, 6.45) is -5.64. The lowest BCUT2D eigenvalue weighted by atomic mass is 9.81. The first-order valence-electron chi connectivity index (χ1n) is 4.48. The van der Waals surface area contributed by atoms with Gasteiger partial charge in [-0.05, 0) is 0 Å². The second kappa shape index (κ2) is 3.05. The Morgan fingerprint density at radius 2 is 1.25 bits per heavy atom. The molecule has 0 saturated carbocycles. The molecule has 0 amide bonds. The molecule has 0 aromatic rings. The van der Waals surface area contributed by atoms with Crippen LogP contribution in [0.4, 0.5) is 22.0 Å². The van der Waals surface area contributed by atoms with Gasteiger partial charge in [-0.3, -0.25) is 0 Å². The van der Waals surface area contributed by atoms with Crippen LogP contribution < -0.4 is 0 Å². The van der Waals surface area contributed by atoms with Crippen LogP contribution in [0.2, 0.25) is 0 Å². The number of halogens is 5. The summed E-state index contributed by atoms with van der Waals surface area (Å²) in [7, 11) is 0. The molecular formula is C8H9F5O3. The Morgan fingerprint density at radius 1 is 0.875 bits per heavy atom. The van der Waals surface area contributed by atoms with Crippen molar-refractivity contribution < 1.29 is 36.2 Å². The van der Waals surface area contributed by atoms with Crippen LogP contribution in [0.3, 0.4) is 0 Å². The maximum absolute atomic E-state index is 13.3. The van der Waals surface area contributed by atoms with Crippen molar-refractivity contribution in [2.24, 2.45) is 5.41 Å². The highest BCUT2D eigenvalue weighted by atomic mass is 19.4. The second-order valence-corrected chi connectivity index (χ2v) is 4.08. The lowest BCUT2D eigenvalue weighted by molar-refractivity contribution is -0.495. The van der Waals surface area contributed by atoms with E-state index in [1.54, 1.807) is 0 Å². The zero-order chi connectivity index (χ0) is 12.2. The minimum Gasteiger partial charge on any atom is -0.327 e. The van der Waals surface area contributed by atoms with Crippen LogP contribution in [0.1, 0.15) is 6.92 Å². The molecule has 0 radical (unpaired) electrons. The Bertz CT molecular complexity index is 276. The molecule has 2 bridgehead atoms. The van der Waals surface area contributed by atoms with E-state index in [4.69, 9.17) is 14.2 Å². The van der Waals surface area contributed by atoms with E-state index in [-0.39, 0.29) is 0 Å². The highest BCUT2D eigenvalue weighted by molar-refractivity contribution is 5.01. The smallest absolute Gasteiger partial charge is 0.327 e. The van der Waals surface area contributed by atoms with Crippen LogP contribution in [-0.4, -0.2) is 37.9 Å². The van der Waals surface area contributed by atoms with E-state index < -0.39 is 43.3 Å². The van der Waals surface area contributed by atoms with Gasteiger partial charge < -0.3 is 14.2 Å². The summed E-state index contributed by atoms with van der Waals surface area (Å²) in [4.78, 5) is 0. The van der Waals surface area contributed by atoms with Gasteiger partial charge in [-0.2, -0.15) is 22.0 Å². The summed E-state index contributed by atoms with van der Waals surface area (Å²) >= 11 is 0. The molecular weight excluding hydrogens is 239 g/mol. The molecule has 3 aliphatic rings. The summed E-state index contributed by atoms with van der Waals surface area (Å²) in [5.41, 5.74) is -2.48. The van der Waals surface area contributed by atoms with Crippen LogP contribution in [0.15, 0.2) is 0 Å². The van der Waals surface area contributed by atoms with E-state index >= 15 is 0 Å². The molecule has 0 unspecified atom stereocenters. The van der Waals surface area contributed by atoms with Crippen LogP contribution >= 0.6 is 0 Å². The maximum atomic E-state index is 13.3. The average Bonchev–Trinajstić information content (AvgIpc) is 2.17. The molecule has 3 fully saturated rings. The molecule has 0 N–H and O–H groups in total. The standard InChI is InChI=1S/C8H9F5O3/c1-5-14-2-6(3-15-5,4-16-5)7(9,10)8(11,12)13/h2-4H2,1H3. The van der Waals surface area contributed by atoms with E-state index in [1.165, 1.54) is 6.92 Å². The zero-order valence-electron chi connectivity index (χ0n) is 8.24. The third-order valence-electron chi connectivity index (χ3n) is 2.85. The van der Waals surface area contributed by atoms with Crippen LogP contribution in [0, 0.1) is 5.41 Å². The minimum atomic E-state index is -5.64. The molecule has 16 heavy (non-hydrogen) atoms. The van der Waals surface area contributed by atoms with Gasteiger partial charge in [0.25, 0.3) is 5.97 Å². The summed E-state index contributed by atoms with van der Waals surface area (Å²) in [5.74, 6) is -6.40. The van der Waals surface area contributed by atoms with Gasteiger partial charge >= 0.3 is 12.1 Å². The fourth-order valence-electron chi connectivity index (χ4n) is 1.63. The predicted octanol–water partition coefficient (Wildman–Crippen LogP) is 1.92. The Hall–Kier alpha value is -0.470. The van der Waals surface area contributed by atoms with E-state index in [1.807, 2.05) is 0 Å². The van der Waals surface area contributed by atoms with Gasteiger partial charge in [-0.15, -0.1) is 0 Å². The van der Waals surface area contributed by atoms with Gasteiger partial charge in [-0.1, -0.05) is 0 Å². The zero-order valence-corrected chi connectivity index (χ0v) is 8.24. The van der Waals surface area contributed by atoms with E-state index in [0.29, 0.717) is 0 Å². The molecule has 0 aromatic heterocycles. The molecule has 0 atom stereocenters. The molecule has 3 saturated heterocycles. The number of hydrogen-bond donors (Lipinski definition) is 0. The summed E-state index contributed by atoms with van der Waals surface area (Å²) in [6, 6.07) is 0. The van der Waals surface area contributed by atoms with Crippen LogP contribution in [0.5, 0.6) is 0 Å². The van der Waals surface area contributed by atoms with Gasteiger partial charge in [-0.25, -0.2) is 0 Å². The molecule has 3 heterocycles. The second-order valence-electron chi connectivity index (χ2n) is 4.08. The molecule has 3 aliphatic heterocycles.